The predicted molar refractivity (Wildman–Crippen MR) is 86.5 cm³/mol. The van der Waals surface area contributed by atoms with Crippen molar-refractivity contribution < 1.29 is 23.1 Å². The van der Waals surface area contributed by atoms with Gasteiger partial charge in [0.25, 0.3) is 0 Å². The number of rotatable bonds is 5. The van der Waals surface area contributed by atoms with Crippen LogP contribution in [0.15, 0.2) is 18.2 Å². The van der Waals surface area contributed by atoms with Crippen LogP contribution in [-0.4, -0.2) is 29.7 Å². The molecule has 1 rings (SSSR count). The van der Waals surface area contributed by atoms with Crippen molar-refractivity contribution in [2.45, 2.75) is 52.2 Å². The molecule has 1 aromatic rings. The van der Waals surface area contributed by atoms with E-state index in [2.05, 4.69) is 10.6 Å². The van der Waals surface area contributed by atoms with Gasteiger partial charge in [0.1, 0.15) is 12.1 Å². The Balaban J connectivity index is 2.52. The Morgan fingerprint density at radius 2 is 1.71 bits per heavy atom. The molecule has 0 saturated carbocycles. The summed E-state index contributed by atoms with van der Waals surface area (Å²) in [5, 5.41) is 5.09. The average molecular weight is 342 g/mol. The number of benzene rings is 1. The number of carbonyl (C=O) groups is 2. The lowest BCUT2D eigenvalue weighted by Crippen LogP contribution is -2.49. The van der Waals surface area contributed by atoms with E-state index in [0.29, 0.717) is 12.0 Å². The monoisotopic (exact) mass is 342 g/mol. The Labute approximate surface area is 140 Å². The Morgan fingerprint density at radius 3 is 2.25 bits per heavy atom. The van der Waals surface area contributed by atoms with Gasteiger partial charge in [-0.3, -0.25) is 4.79 Å². The average Bonchev–Trinajstić information content (AvgIpc) is 2.38. The largest absolute Gasteiger partial charge is 0.444 e. The van der Waals surface area contributed by atoms with Crippen LogP contribution in [0.25, 0.3) is 0 Å². The Morgan fingerprint density at radius 1 is 1.08 bits per heavy atom. The zero-order valence-corrected chi connectivity index (χ0v) is 14.6. The quantitative estimate of drug-likeness (QED) is 0.864. The van der Waals surface area contributed by atoms with Gasteiger partial charge in [-0.15, -0.1) is 0 Å². The van der Waals surface area contributed by atoms with Gasteiger partial charge in [-0.25, -0.2) is 13.6 Å². The molecule has 0 saturated heterocycles. The summed E-state index contributed by atoms with van der Waals surface area (Å²) in [6.45, 7) is 8.42. The van der Waals surface area contributed by atoms with Gasteiger partial charge in [-0.05, 0) is 58.7 Å². The summed E-state index contributed by atoms with van der Waals surface area (Å²) < 4.78 is 31.2. The Kier molecular flexibility index (Phi) is 6.29. The van der Waals surface area contributed by atoms with Crippen molar-refractivity contribution in [3.8, 4) is 0 Å². The van der Waals surface area contributed by atoms with Gasteiger partial charge < -0.3 is 15.4 Å². The predicted octanol–water partition coefficient (Wildman–Crippen LogP) is 2.93. The molecule has 24 heavy (non-hydrogen) atoms. The van der Waals surface area contributed by atoms with Crippen LogP contribution in [0.2, 0.25) is 0 Å². The highest BCUT2D eigenvalue weighted by molar-refractivity contribution is 5.82. The molecular weight excluding hydrogens is 318 g/mol. The fraction of sp³-hybridized carbons (Fsp3) is 0.529. The standard InChI is InChI=1S/C17H24F2N2O3/c1-16(2,3)24-15(23)20-10-14(22)21-17(4,5)9-11-6-7-12(18)13(19)8-11/h6-8H,9-10H2,1-5H3,(H,20,23)(H,21,22). The molecule has 0 unspecified atom stereocenters. The number of hydrogen-bond donors (Lipinski definition) is 2. The van der Waals surface area contributed by atoms with Crippen LogP contribution in [0.5, 0.6) is 0 Å². The van der Waals surface area contributed by atoms with Crippen molar-refractivity contribution in [3.63, 3.8) is 0 Å². The number of hydrogen-bond acceptors (Lipinski definition) is 3. The highest BCUT2D eigenvalue weighted by Crippen LogP contribution is 2.15. The zero-order valence-electron chi connectivity index (χ0n) is 14.6. The van der Waals surface area contributed by atoms with Gasteiger partial charge in [-0.2, -0.15) is 0 Å². The van der Waals surface area contributed by atoms with Crippen molar-refractivity contribution in [2.75, 3.05) is 6.54 Å². The van der Waals surface area contributed by atoms with Gasteiger partial charge in [0, 0.05) is 5.54 Å². The van der Waals surface area contributed by atoms with Crippen molar-refractivity contribution in [2.24, 2.45) is 0 Å². The molecule has 0 aliphatic heterocycles. The molecule has 2 N–H and O–H groups in total. The number of carbonyl (C=O) groups excluding carboxylic acids is 2. The van der Waals surface area contributed by atoms with E-state index in [9.17, 15) is 18.4 Å². The van der Waals surface area contributed by atoms with E-state index in [0.717, 1.165) is 12.1 Å². The second-order valence-electron chi connectivity index (χ2n) is 7.21. The lowest BCUT2D eigenvalue weighted by Gasteiger charge is -2.27. The molecule has 0 atom stereocenters. The highest BCUT2D eigenvalue weighted by atomic mass is 19.2. The van der Waals surface area contributed by atoms with Crippen LogP contribution in [0, 0.1) is 11.6 Å². The molecule has 5 nitrogen and oxygen atoms in total. The van der Waals surface area contributed by atoms with E-state index in [1.807, 2.05) is 0 Å². The maximum Gasteiger partial charge on any atom is 0.408 e. The van der Waals surface area contributed by atoms with Crippen molar-refractivity contribution in [1.82, 2.24) is 10.6 Å². The second kappa shape index (κ2) is 7.59. The van der Waals surface area contributed by atoms with Gasteiger partial charge in [0.15, 0.2) is 11.6 Å². The minimum atomic E-state index is -0.929. The number of alkyl carbamates (subject to hydrolysis) is 1. The molecule has 134 valence electrons. The fourth-order valence-corrected chi connectivity index (χ4v) is 2.09. The van der Waals surface area contributed by atoms with E-state index >= 15 is 0 Å². The molecule has 0 fully saturated rings. The van der Waals surface area contributed by atoms with Crippen LogP contribution in [0.3, 0.4) is 0 Å². The maximum absolute atomic E-state index is 13.2. The van der Waals surface area contributed by atoms with E-state index < -0.39 is 34.8 Å². The molecule has 0 bridgehead atoms. The molecule has 1 aromatic carbocycles. The highest BCUT2D eigenvalue weighted by Gasteiger charge is 2.22. The lowest BCUT2D eigenvalue weighted by molar-refractivity contribution is -0.121. The van der Waals surface area contributed by atoms with E-state index in [1.165, 1.54) is 6.07 Å². The molecule has 0 aliphatic rings. The SMILES string of the molecule is CC(C)(Cc1ccc(F)c(F)c1)NC(=O)CNC(=O)OC(C)(C)C. The third-order valence-corrected chi connectivity index (χ3v) is 2.90. The van der Waals surface area contributed by atoms with Crippen LogP contribution in [0.1, 0.15) is 40.2 Å². The zero-order chi connectivity index (χ0) is 18.5. The fourth-order valence-electron chi connectivity index (χ4n) is 2.09. The summed E-state index contributed by atoms with van der Waals surface area (Å²) in [7, 11) is 0. The molecule has 0 heterocycles. The summed E-state index contributed by atoms with van der Waals surface area (Å²) in [6, 6.07) is 3.61. The Bertz CT molecular complexity index is 610. The molecular formula is C17H24F2N2O3. The van der Waals surface area contributed by atoms with E-state index in [1.54, 1.807) is 34.6 Å². The third-order valence-electron chi connectivity index (χ3n) is 2.90. The van der Waals surface area contributed by atoms with Crippen molar-refractivity contribution in [1.29, 1.82) is 0 Å². The smallest absolute Gasteiger partial charge is 0.408 e. The first-order chi connectivity index (χ1) is 10.9. The van der Waals surface area contributed by atoms with Crippen LogP contribution in [0.4, 0.5) is 13.6 Å². The normalized spacial score (nSPS) is 11.8. The van der Waals surface area contributed by atoms with E-state index in [-0.39, 0.29) is 6.54 Å². The van der Waals surface area contributed by atoms with Gasteiger partial charge in [-0.1, -0.05) is 6.07 Å². The molecule has 0 aliphatic carbocycles. The summed E-state index contributed by atoms with van der Waals surface area (Å²) >= 11 is 0. The summed E-state index contributed by atoms with van der Waals surface area (Å²) in [5.41, 5.74) is -0.789. The van der Waals surface area contributed by atoms with Crippen molar-refractivity contribution >= 4 is 12.0 Å². The summed E-state index contributed by atoms with van der Waals surface area (Å²) in [5.74, 6) is -2.25. The molecule has 0 spiro atoms. The van der Waals surface area contributed by atoms with E-state index in [4.69, 9.17) is 4.74 Å². The topological polar surface area (TPSA) is 67.4 Å². The Hall–Kier alpha value is -2.18. The minimum Gasteiger partial charge on any atom is -0.444 e. The number of amides is 2. The number of ether oxygens (including phenoxy) is 1. The molecule has 7 heteroatoms. The summed E-state index contributed by atoms with van der Waals surface area (Å²) in [6.07, 6.45) is -0.376. The third kappa shape index (κ3) is 7.39. The van der Waals surface area contributed by atoms with Gasteiger partial charge >= 0.3 is 6.09 Å². The minimum absolute atomic E-state index is 0.240. The lowest BCUT2D eigenvalue weighted by atomic mass is 9.94. The van der Waals surface area contributed by atoms with Crippen LogP contribution < -0.4 is 10.6 Å². The van der Waals surface area contributed by atoms with Crippen molar-refractivity contribution in [3.05, 3.63) is 35.4 Å². The second-order valence-corrected chi connectivity index (χ2v) is 7.21. The van der Waals surface area contributed by atoms with Crippen LogP contribution in [-0.2, 0) is 16.0 Å². The summed E-state index contributed by atoms with van der Waals surface area (Å²) in [4.78, 5) is 23.4. The first-order valence-electron chi connectivity index (χ1n) is 7.60. The number of halogens is 2. The van der Waals surface area contributed by atoms with Gasteiger partial charge in [0.05, 0.1) is 0 Å². The molecule has 0 radical (unpaired) electrons. The maximum atomic E-state index is 13.2. The van der Waals surface area contributed by atoms with Crippen LogP contribution >= 0.6 is 0 Å². The first-order valence-corrected chi connectivity index (χ1v) is 7.60. The number of nitrogens with one attached hydrogen (secondary N) is 2. The first kappa shape index (κ1) is 19.9. The van der Waals surface area contributed by atoms with Gasteiger partial charge in [0.2, 0.25) is 5.91 Å². The molecule has 0 aromatic heterocycles. The molecule has 2 amide bonds.